The van der Waals surface area contributed by atoms with Crippen molar-refractivity contribution in [3.05, 3.63) is 23.3 Å². The number of aliphatic carboxylic acids is 1. The monoisotopic (exact) mass is 222 g/mol. The molecule has 0 spiro atoms. The van der Waals surface area contributed by atoms with Gasteiger partial charge in [-0.15, -0.1) is 0 Å². The summed E-state index contributed by atoms with van der Waals surface area (Å²) in [4.78, 5) is 11.2. The third kappa shape index (κ3) is 1.41. The van der Waals surface area contributed by atoms with Crippen molar-refractivity contribution in [1.29, 1.82) is 0 Å². The van der Waals surface area contributed by atoms with Crippen molar-refractivity contribution < 1.29 is 19.7 Å². The molecule has 2 N–H and O–H groups in total. The summed E-state index contributed by atoms with van der Waals surface area (Å²) in [5.74, 6) is -0.431. The highest BCUT2D eigenvalue weighted by Gasteiger charge is 2.55. The lowest BCUT2D eigenvalue weighted by molar-refractivity contribution is -0.140. The maximum Gasteiger partial charge on any atom is 0.314 e. The van der Waals surface area contributed by atoms with Crippen LogP contribution < -0.4 is 4.74 Å². The van der Waals surface area contributed by atoms with Crippen LogP contribution in [0.2, 0.25) is 0 Å². The van der Waals surface area contributed by atoms with E-state index in [1.807, 2.05) is 6.92 Å². The maximum absolute atomic E-state index is 11.2. The lowest BCUT2D eigenvalue weighted by Crippen LogP contribution is -2.20. The summed E-state index contributed by atoms with van der Waals surface area (Å²) in [7, 11) is 1.48. The van der Waals surface area contributed by atoms with E-state index in [2.05, 4.69) is 0 Å². The maximum atomic E-state index is 11.2. The van der Waals surface area contributed by atoms with Crippen LogP contribution in [-0.4, -0.2) is 23.3 Å². The molecule has 0 amide bonds. The summed E-state index contributed by atoms with van der Waals surface area (Å²) >= 11 is 0. The smallest absolute Gasteiger partial charge is 0.314 e. The molecular weight excluding hydrogens is 208 g/mol. The number of aryl methyl sites for hydroxylation is 1. The van der Waals surface area contributed by atoms with Gasteiger partial charge in [0.25, 0.3) is 0 Å². The van der Waals surface area contributed by atoms with Crippen molar-refractivity contribution in [1.82, 2.24) is 0 Å². The summed E-state index contributed by atoms with van der Waals surface area (Å²) in [6.07, 6.45) is 1.10. The molecule has 4 heteroatoms. The van der Waals surface area contributed by atoms with Crippen molar-refractivity contribution in [3.8, 4) is 11.5 Å². The number of rotatable bonds is 3. The Morgan fingerprint density at radius 1 is 1.44 bits per heavy atom. The van der Waals surface area contributed by atoms with Crippen molar-refractivity contribution in [2.45, 2.75) is 25.2 Å². The first-order valence-corrected chi connectivity index (χ1v) is 5.13. The molecule has 1 saturated carbocycles. The number of phenols is 1. The van der Waals surface area contributed by atoms with Crippen molar-refractivity contribution in [3.63, 3.8) is 0 Å². The normalized spacial score (nSPS) is 16.9. The third-order valence-electron chi connectivity index (χ3n) is 3.08. The first-order chi connectivity index (χ1) is 7.51. The Bertz CT molecular complexity index is 447. The molecule has 0 atom stereocenters. The number of hydrogen-bond donors (Lipinski definition) is 2. The fourth-order valence-corrected chi connectivity index (χ4v) is 2.07. The highest BCUT2D eigenvalue weighted by molar-refractivity contribution is 5.87. The molecule has 0 unspecified atom stereocenters. The van der Waals surface area contributed by atoms with Crippen LogP contribution in [-0.2, 0) is 10.2 Å². The number of ether oxygens (including phenoxy) is 1. The van der Waals surface area contributed by atoms with E-state index in [1.54, 1.807) is 12.1 Å². The predicted molar refractivity (Wildman–Crippen MR) is 57.9 cm³/mol. The van der Waals surface area contributed by atoms with Crippen LogP contribution in [0.1, 0.15) is 24.0 Å². The summed E-state index contributed by atoms with van der Waals surface area (Å²) in [6, 6.07) is 3.32. The van der Waals surface area contributed by atoms with Gasteiger partial charge in [-0.2, -0.15) is 0 Å². The fraction of sp³-hybridized carbons (Fsp3) is 0.417. The van der Waals surface area contributed by atoms with Gasteiger partial charge in [-0.3, -0.25) is 4.79 Å². The van der Waals surface area contributed by atoms with Gasteiger partial charge in [-0.1, -0.05) is 0 Å². The second kappa shape index (κ2) is 3.40. The van der Waals surface area contributed by atoms with Crippen LogP contribution in [0.15, 0.2) is 12.1 Å². The Labute approximate surface area is 93.5 Å². The van der Waals surface area contributed by atoms with E-state index in [9.17, 15) is 15.0 Å². The minimum Gasteiger partial charge on any atom is -0.507 e. The first kappa shape index (κ1) is 10.8. The number of carboxylic acid groups (broad SMARTS) is 1. The van der Waals surface area contributed by atoms with E-state index in [0.29, 0.717) is 24.2 Å². The molecule has 0 radical (unpaired) electrons. The molecule has 0 bridgehead atoms. The van der Waals surface area contributed by atoms with Crippen LogP contribution in [0.4, 0.5) is 0 Å². The van der Waals surface area contributed by atoms with E-state index in [4.69, 9.17) is 4.74 Å². The predicted octanol–water partition coefficient (Wildman–Crippen LogP) is 1.83. The number of carbonyl (C=O) groups is 1. The number of carboxylic acids is 1. The molecule has 0 saturated heterocycles. The Morgan fingerprint density at radius 2 is 2.06 bits per heavy atom. The van der Waals surface area contributed by atoms with Crippen molar-refractivity contribution in [2.24, 2.45) is 0 Å². The van der Waals surface area contributed by atoms with E-state index >= 15 is 0 Å². The Balaban J connectivity index is 2.60. The van der Waals surface area contributed by atoms with Crippen LogP contribution >= 0.6 is 0 Å². The zero-order valence-electron chi connectivity index (χ0n) is 9.28. The molecule has 1 aromatic carbocycles. The van der Waals surface area contributed by atoms with Gasteiger partial charge in [-0.05, 0) is 37.5 Å². The number of methoxy groups -OCH3 is 1. The van der Waals surface area contributed by atoms with Crippen molar-refractivity contribution in [2.75, 3.05) is 7.11 Å². The molecule has 86 valence electrons. The van der Waals surface area contributed by atoms with Gasteiger partial charge in [0, 0.05) is 0 Å². The molecule has 1 aliphatic carbocycles. The molecule has 0 heterocycles. The summed E-state index contributed by atoms with van der Waals surface area (Å²) in [5.41, 5.74) is 0.315. The van der Waals surface area contributed by atoms with Crippen molar-refractivity contribution >= 4 is 5.97 Å². The van der Waals surface area contributed by atoms with Crippen LogP contribution in [0, 0.1) is 6.92 Å². The largest absolute Gasteiger partial charge is 0.507 e. The topological polar surface area (TPSA) is 66.8 Å². The summed E-state index contributed by atoms with van der Waals surface area (Å²) in [5, 5.41) is 19.1. The van der Waals surface area contributed by atoms with Crippen LogP contribution in [0.3, 0.4) is 0 Å². The second-order valence-electron chi connectivity index (χ2n) is 4.25. The average molecular weight is 222 g/mol. The highest BCUT2D eigenvalue weighted by Crippen LogP contribution is 2.54. The Hall–Kier alpha value is -1.71. The number of phenolic OH excluding ortho intramolecular Hbond substituents is 1. The van der Waals surface area contributed by atoms with E-state index in [-0.39, 0.29) is 5.75 Å². The van der Waals surface area contributed by atoms with Gasteiger partial charge >= 0.3 is 5.97 Å². The van der Waals surface area contributed by atoms with Crippen LogP contribution in [0.25, 0.3) is 0 Å². The minimum atomic E-state index is -0.941. The van der Waals surface area contributed by atoms with Gasteiger partial charge < -0.3 is 14.9 Å². The zero-order valence-corrected chi connectivity index (χ0v) is 9.28. The number of hydrogen-bond acceptors (Lipinski definition) is 3. The quantitative estimate of drug-likeness (QED) is 0.818. The minimum absolute atomic E-state index is 0.0109. The zero-order chi connectivity index (χ0) is 11.9. The Morgan fingerprint density at radius 3 is 2.50 bits per heavy atom. The first-order valence-electron chi connectivity index (χ1n) is 5.13. The average Bonchev–Trinajstić information content (AvgIpc) is 2.97. The standard InChI is InChI=1S/C12H14O4/c1-7-5-8(13)10(9(6-7)16-2)12(3-4-12)11(14)15/h5-6,13H,3-4H2,1-2H3,(H,14,15). The van der Waals surface area contributed by atoms with E-state index < -0.39 is 11.4 Å². The van der Waals surface area contributed by atoms with Gasteiger partial charge in [-0.25, -0.2) is 0 Å². The lowest BCUT2D eigenvalue weighted by atomic mass is 9.93. The number of aromatic hydroxyl groups is 1. The molecule has 0 aliphatic heterocycles. The molecule has 4 nitrogen and oxygen atoms in total. The Kier molecular flexibility index (Phi) is 2.30. The number of benzene rings is 1. The van der Waals surface area contributed by atoms with E-state index in [0.717, 1.165) is 5.56 Å². The fourth-order valence-electron chi connectivity index (χ4n) is 2.07. The highest BCUT2D eigenvalue weighted by atomic mass is 16.5. The second-order valence-corrected chi connectivity index (χ2v) is 4.25. The van der Waals surface area contributed by atoms with Gasteiger partial charge in [0.2, 0.25) is 0 Å². The molecule has 16 heavy (non-hydrogen) atoms. The lowest BCUT2D eigenvalue weighted by Gasteiger charge is -2.17. The molecule has 1 aliphatic rings. The molecule has 0 aromatic heterocycles. The molecule has 1 fully saturated rings. The molecule has 1 aromatic rings. The van der Waals surface area contributed by atoms with Crippen LogP contribution in [0.5, 0.6) is 11.5 Å². The van der Waals surface area contributed by atoms with Gasteiger partial charge in [0.1, 0.15) is 16.9 Å². The summed E-state index contributed by atoms with van der Waals surface area (Å²) in [6.45, 7) is 1.83. The third-order valence-corrected chi connectivity index (χ3v) is 3.08. The molecule has 2 rings (SSSR count). The summed E-state index contributed by atoms with van der Waals surface area (Å²) < 4.78 is 5.16. The van der Waals surface area contributed by atoms with Gasteiger partial charge in [0.05, 0.1) is 12.7 Å². The van der Waals surface area contributed by atoms with Gasteiger partial charge in [0.15, 0.2) is 0 Å². The SMILES string of the molecule is COc1cc(C)cc(O)c1C1(C(=O)O)CC1. The molecular formula is C12H14O4. The van der Waals surface area contributed by atoms with E-state index in [1.165, 1.54) is 7.11 Å².